The van der Waals surface area contributed by atoms with E-state index in [0.717, 1.165) is 11.1 Å². The van der Waals surface area contributed by atoms with Crippen LogP contribution in [-0.2, 0) is 6.42 Å². The van der Waals surface area contributed by atoms with Gasteiger partial charge in [0.2, 0.25) is 0 Å². The average Bonchev–Trinajstić information content (AvgIpc) is 2.17. The van der Waals surface area contributed by atoms with Crippen LogP contribution in [0, 0.1) is 13.8 Å². The van der Waals surface area contributed by atoms with E-state index in [1.165, 1.54) is 0 Å². The minimum absolute atomic E-state index is 0.145. The molecule has 0 spiro atoms. The van der Waals surface area contributed by atoms with Crippen LogP contribution in [0.15, 0.2) is 18.2 Å². The van der Waals surface area contributed by atoms with Crippen molar-refractivity contribution in [1.29, 1.82) is 0 Å². The normalized spacial score (nSPS) is 13.9. The number of hydrazine groups is 1. The Balaban J connectivity index is 2.90. The van der Waals surface area contributed by atoms with E-state index in [0.29, 0.717) is 5.56 Å². The monoisotopic (exact) mass is 232 g/mol. The van der Waals surface area contributed by atoms with Crippen molar-refractivity contribution < 1.29 is 13.2 Å². The number of halogens is 3. The van der Waals surface area contributed by atoms with Crippen LogP contribution in [0.25, 0.3) is 0 Å². The fourth-order valence-corrected chi connectivity index (χ4v) is 1.51. The second-order valence-corrected chi connectivity index (χ2v) is 3.89. The van der Waals surface area contributed by atoms with Crippen molar-refractivity contribution in [2.24, 2.45) is 5.84 Å². The maximum absolute atomic E-state index is 12.5. The van der Waals surface area contributed by atoms with Gasteiger partial charge in [0.25, 0.3) is 0 Å². The van der Waals surface area contributed by atoms with Crippen LogP contribution in [0.5, 0.6) is 0 Å². The molecule has 0 heterocycles. The van der Waals surface area contributed by atoms with Crippen LogP contribution < -0.4 is 11.3 Å². The summed E-state index contributed by atoms with van der Waals surface area (Å²) in [6.45, 7) is 3.64. The standard InChI is InChI=1S/C11H15F3N2/c1-7-3-4-8(2)9(5-7)6-10(16-15)11(12,13)14/h3-5,10,16H,6,15H2,1-2H3. The van der Waals surface area contributed by atoms with Gasteiger partial charge in [-0.3, -0.25) is 5.84 Å². The van der Waals surface area contributed by atoms with Crippen LogP contribution in [0.1, 0.15) is 16.7 Å². The second kappa shape index (κ2) is 4.84. The third-order valence-corrected chi connectivity index (χ3v) is 2.52. The van der Waals surface area contributed by atoms with Gasteiger partial charge in [0, 0.05) is 0 Å². The van der Waals surface area contributed by atoms with Crippen LogP contribution in [0.4, 0.5) is 13.2 Å². The summed E-state index contributed by atoms with van der Waals surface area (Å²) < 4.78 is 37.5. The number of nitrogens with one attached hydrogen (secondary N) is 1. The van der Waals surface area contributed by atoms with Gasteiger partial charge in [-0.2, -0.15) is 13.2 Å². The number of hydrogen-bond acceptors (Lipinski definition) is 2. The molecule has 0 saturated carbocycles. The molecule has 1 rings (SSSR count). The van der Waals surface area contributed by atoms with E-state index < -0.39 is 12.2 Å². The van der Waals surface area contributed by atoms with Crippen molar-refractivity contribution in [2.75, 3.05) is 0 Å². The maximum atomic E-state index is 12.5. The largest absolute Gasteiger partial charge is 0.405 e. The van der Waals surface area contributed by atoms with E-state index in [4.69, 9.17) is 5.84 Å². The summed E-state index contributed by atoms with van der Waals surface area (Å²) in [7, 11) is 0. The summed E-state index contributed by atoms with van der Waals surface area (Å²) in [4.78, 5) is 0. The fraction of sp³-hybridized carbons (Fsp3) is 0.455. The molecule has 0 aliphatic heterocycles. The molecule has 0 amide bonds. The predicted molar refractivity (Wildman–Crippen MR) is 56.8 cm³/mol. The molecule has 0 aliphatic rings. The van der Waals surface area contributed by atoms with Gasteiger partial charge >= 0.3 is 6.18 Å². The van der Waals surface area contributed by atoms with Gasteiger partial charge in [0.05, 0.1) is 0 Å². The summed E-state index contributed by atoms with van der Waals surface area (Å²) in [5.41, 5.74) is 4.26. The third-order valence-electron chi connectivity index (χ3n) is 2.52. The lowest BCUT2D eigenvalue weighted by Gasteiger charge is -2.20. The molecule has 0 saturated heterocycles. The molecule has 0 aromatic heterocycles. The molecule has 0 aliphatic carbocycles. The van der Waals surface area contributed by atoms with Gasteiger partial charge in [0.15, 0.2) is 0 Å². The van der Waals surface area contributed by atoms with E-state index in [1.54, 1.807) is 13.0 Å². The van der Waals surface area contributed by atoms with Gasteiger partial charge in [-0.15, -0.1) is 0 Å². The molecule has 5 heteroatoms. The lowest BCUT2D eigenvalue weighted by molar-refractivity contribution is -0.155. The van der Waals surface area contributed by atoms with Gasteiger partial charge in [-0.1, -0.05) is 23.8 Å². The zero-order valence-electron chi connectivity index (χ0n) is 9.23. The summed E-state index contributed by atoms with van der Waals surface area (Å²) >= 11 is 0. The maximum Gasteiger partial charge on any atom is 0.405 e. The Labute approximate surface area is 92.6 Å². The van der Waals surface area contributed by atoms with Crippen molar-refractivity contribution >= 4 is 0 Å². The average molecular weight is 232 g/mol. The van der Waals surface area contributed by atoms with Crippen LogP contribution in [0.3, 0.4) is 0 Å². The van der Waals surface area contributed by atoms with Crippen LogP contribution in [0.2, 0.25) is 0 Å². The molecule has 3 N–H and O–H groups in total. The third kappa shape index (κ3) is 3.21. The predicted octanol–water partition coefficient (Wildman–Crippen LogP) is 2.24. The summed E-state index contributed by atoms with van der Waals surface area (Å²) in [6.07, 6.45) is -4.47. The molecule has 1 unspecified atom stereocenters. The van der Waals surface area contributed by atoms with Gasteiger partial charge in [-0.25, -0.2) is 5.43 Å². The number of rotatable bonds is 3. The van der Waals surface area contributed by atoms with Gasteiger partial charge < -0.3 is 0 Å². The highest BCUT2D eigenvalue weighted by atomic mass is 19.4. The van der Waals surface area contributed by atoms with Gasteiger partial charge in [0.1, 0.15) is 6.04 Å². The lowest BCUT2D eigenvalue weighted by Crippen LogP contribution is -2.47. The van der Waals surface area contributed by atoms with Gasteiger partial charge in [-0.05, 0) is 31.4 Å². The first-order valence-corrected chi connectivity index (χ1v) is 4.93. The molecule has 1 aromatic rings. The second-order valence-electron chi connectivity index (χ2n) is 3.89. The van der Waals surface area contributed by atoms with Crippen molar-refractivity contribution in [3.8, 4) is 0 Å². The summed E-state index contributed by atoms with van der Waals surface area (Å²) in [6, 6.07) is 3.74. The molecule has 2 nitrogen and oxygen atoms in total. The van der Waals surface area contributed by atoms with E-state index in [1.807, 2.05) is 24.5 Å². The Bertz CT molecular complexity index is 361. The van der Waals surface area contributed by atoms with Crippen molar-refractivity contribution in [3.05, 3.63) is 34.9 Å². The number of benzene rings is 1. The van der Waals surface area contributed by atoms with E-state index in [2.05, 4.69) is 0 Å². The fourth-order valence-electron chi connectivity index (χ4n) is 1.51. The topological polar surface area (TPSA) is 38.0 Å². The Morgan fingerprint density at radius 3 is 2.44 bits per heavy atom. The number of aryl methyl sites for hydroxylation is 2. The summed E-state index contributed by atoms with van der Waals surface area (Å²) in [5.74, 6) is 4.92. The Hall–Kier alpha value is -1.07. The lowest BCUT2D eigenvalue weighted by atomic mass is 9.99. The van der Waals surface area contributed by atoms with Crippen LogP contribution >= 0.6 is 0 Å². The molecule has 1 aromatic carbocycles. The summed E-state index contributed by atoms with van der Waals surface area (Å²) in [5, 5.41) is 0. The molecule has 0 bridgehead atoms. The van der Waals surface area contributed by atoms with E-state index >= 15 is 0 Å². The highest BCUT2D eigenvalue weighted by molar-refractivity contribution is 5.31. The first-order chi connectivity index (χ1) is 7.34. The minimum Gasteiger partial charge on any atom is -0.271 e. The number of nitrogens with two attached hydrogens (primary N) is 1. The highest BCUT2D eigenvalue weighted by Gasteiger charge is 2.38. The smallest absolute Gasteiger partial charge is 0.271 e. The molecule has 1 atom stereocenters. The van der Waals surface area contributed by atoms with E-state index in [-0.39, 0.29) is 6.42 Å². The Kier molecular flexibility index (Phi) is 3.93. The van der Waals surface area contributed by atoms with E-state index in [9.17, 15) is 13.2 Å². The minimum atomic E-state index is -4.33. The number of alkyl halides is 3. The molecular formula is C11H15F3N2. The Morgan fingerprint density at radius 1 is 1.31 bits per heavy atom. The zero-order chi connectivity index (χ0) is 12.3. The van der Waals surface area contributed by atoms with Crippen LogP contribution in [-0.4, -0.2) is 12.2 Å². The van der Waals surface area contributed by atoms with Crippen molar-refractivity contribution in [3.63, 3.8) is 0 Å². The quantitative estimate of drug-likeness (QED) is 0.619. The SMILES string of the molecule is Cc1ccc(C)c(CC(NN)C(F)(F)F)c1. The molecule has 0 fully saturated rings. The zero-order valence-corrected chi connectivity index (χ0v) is 9.23. The Morgan fingerprint density at radius 2 is 1.94 bits per heavy atom. The first kappa shape index (κ1) is 13.0. The first-order valence-electron chi connectivity index (χ1n) is 4.93. The van der Waals surface area contributed by atoms with Crippen molar-refractivity contribution in [2.45, 2.75) is 32.5 Å². The molecule has 16 heavy (non-hydrogen) atoms. The highest BCUT2D eigenvalue weighted by Crippen LogP contribution is 2.24. The van der Waals surface area contributed by atoms with Crippen molar-refractivity contribution in [1.82, 2.24) is 5.43 Å². The molecule has 90 valence electrons. The molecule has 0 radical (unpaired) electrons. The molecular weight excluding hydrogens is 217 g/mol. The number of hydrogen-bond donors (Lipinski definition) is 2.